The van der Waals surface area contributed by atoms with Gasteiger partial charge in [-0.2, -0.15) is 0 Å². The number of likely N-dealkylation sites (tertiary alicyclic amines) is 1. The van der Waals surface area contributed by atoms with Crippen molar-refractivity contribution in [2.24, 2.45) is 0 Å². The molecule has 1 N–H and O–H groups in total. The summed E-state index contributed by atoms with van der Waals surface area (Å²) in [5.74, 6) is -0.00701. The molecule has 0 spiro atoms. The van der Waals surface area contributed by atoms with Gasteiger partial charge in [-0.15, -0.1) is 0 Å². The predicted molar refractivity (Wildman–Crippen MR) is 82.6 cm³/mol. The lowest BCUT2D eigenvalue weighted by molar-refractivity contribution is -0.133. The Hall–Kier alpha value is -1.42. The lowest BCUT2D eigenvalue weighted by Gasteiger charge is -2.24. The fourth-order valence-electron chi connectivity index (χ4n) is 2.74. The standard InChI is InChI=1S/C17H25FN2O/c1-14(17(21)20-12-4-2-3-5-13-20)19-11-10-15-6-8-16(18)9-7-15/h6-9,14,19H,2-5,10-13H2,1H3. The number of carbonyl (C=O) groups is 1. The Morgan fingerprint density at radius 1 is 1.19 bits per heavy atom. The molecule has 0 aromatic heterocycles. The molecule has 1 aliphatic heterocycles. The maximum atomic E-state index is 12.8. The van der Waals surface area contributed by atoms with Crippen molar-refractivity contribution in [1.29, 1.82) is 0 Å². The minimum Gasteiger partial charge on any atom is -0.341 e. The van der Waals surface area contributed by atoms with Crippen LogP contribution in [0.1, 0.15) is 38.2 Å². The SMILES string of the molecule is CC(NCCc1ccc(F)cc1)C(=O)N1CCCCCC1. The molecule has 0 saturated carbocycles. The molecule has 1 unspecified atom stereocenters. The number of benzene rings is 1. The second-order valence-corrected chi connectivity index (χ2v) is 5.79. The summed E-state index contributed by atoms with van der Waals surface area (Å²) in [5, 5.41) is 3.28. The van der Waals surface area contributed by atoms with Gasteiger partial charge in [-0.25, -0.2) is 4.39 Å². The summed E-state index contributed by atoms with van der Waals surface area (Å²) in [5.41, 5.74) is 1.08. The van der Waals surface area contributed by atoms with E-state index < -0.39 is 0 Å². The smallest absolute Gasteiger partial charge is 0.239 e. The van der Waals surface area contributed by atoms with E-state index >= 15 is 0 Å². The van der Waals surface area contributed by atoms with Crippen LogP contribution in [0.3, 0.4) is 0 Å². The lowest BCUT2D eigenvalue weighted by Crippen LogP contribution is -2.45. The highest BCUT2D eigenvalue weighted by Crippen LogP contribution is 2.11. The number of carbonyl (C=O) groups excluding carboxylic acids is 1. The monoisotopic (exact) mass is 292 g/mol. The molecule has 1 fully saturated rings. The number of amides is 1. The summed E-state index contributed by atoms with van der Waals surface area (Å²) in [7, 11) is 0. The molecule has 1 heterocycles. The molecule has 0 aliphatic carbocycles. The van der Waals surface area contributed by atoms with E-state index in [1.807, 2.05) is 11.8 Å². The van der Waals surface area contributed by atoms with Crippen LogP contribution in [0, 0.1) is 5.82 Å². The molecule has 1 aromatic rings. The van der Waals surface area contributed by atoms with Crippen LogP contribution >= 0.6 is 0 Å². The van der Waals surface area contributed by atoms with E-state index in [1.54, 1.807) is 12.1 Å². The summed E-state index contributed by atoms with van der Waals surface area (Å²) in [6, 6.07) is 6.38. The number of hydrogen-bond donors (Lipinski definition) is 1. The van der Waals surface area contributed by atoms with Gasteiger partial charge in [0, 0.05) is 13.1 Å². The molecule has 1 atom stereocenters. The highest BCUT2D eigenvalue weighted by atomic mass is 19.1. The zero-order valence-corrected chi connectivity index (χ0v) is 12.8. The van der Waals surface area contributed by atoms with Crippen molar-refractivity contribution >= 4 is 5.91 Å². The van der Waals surface area contributed by atoms with Crippen LogP contribution in [0.25, 0.3) is 0 Å². The number of rotatable bonds is 5. The van der Waals surface area contributed by atoms with Gasteiger partial charge in [-0.1, -0.05) is 25.0 Å². The molecule has 0 bridgehead atoms. The van der Waals surface area contributed by atoms with E-state index in [2.05, 4.69) is 5.32 Å². The van der Waals surface area contributed by atoms with E-state index in [0.717, 1.165) is 44.5 Å². The summed E-state index contributed by atoms with van der Waals surface area (Å²) >= 11 is 0. The van der Waals surface area contributed by atoms with Crippen molar-refractivity contribution in [3.8, 4) is 0 Å². The molecule has 2 rings (SSSR count). The van der Waals surface area contributed by atoms with Gasteiger partial charge >= 0.3 is 0 Å². The summed E-state index contributed by atoms with van der Waals surface area (Å²) < 4.78 is 12.8. The quantitative estimate of drug-likeness (QED) is 0.905. The van der Waals surface area contributed by atoms with Crippen molar-refractivity contribution in [2.45, 2.75) is 45.1 Å². The average molecular weight is 292 g/mol. The highest BCUT2D eigenvalue weighted by molar-refractivity contribution is 5.81. The van der Waals surface area contributed by atoms with Crippen LogP contribution in [0.15, 0.2) is 24.3 Å². The Labute approximate surface area is 126 Å². The molecule has 116 valence electrons. The van der Waals surface area contributed by atoms with Crippen LogP contribution < -0.4 is 5.32 Å². The maximum absolute atomic E-state index is 12.8. The van der Waals surface area contributed by atoms with Crippen LogP contribution in [-0.4, -0.2) is 36.5 Å². The maximum Gasteiger partial charge on any atom is 0.239 e. The Kier molecular flexibility index (Phi) is 6.18. The first kappa shape index (κ1) is 16.0. The van der Waals surface area contributed by atoms with Gasteiger partial charge in [0.25, 0.3) is 0 Å². The van der Waals surface area contributed by atoms with Crippen LogP contribution in [0.5, 0.6) is 0 Å². The Balaban J connectivity index is 1.74. The first-order valence-corrected chi connectivity index (χ1v) is 7.93. The number of halogens is 1. The lowest BCUT2D eigenvalue weighted by atomic mass is 10.1. The van der Waals surface area contributed by atoms with Crippen molar-refractivity contribution in [1.82, 2.24) is 10.2 Å². The van der Waals surface area contributed by atoms with E-state index in [0.29, 0.717) is 0 Å². The van der Waals surface area contributed by atoms with Crippen molar-refractivity contribution in [2.75, 3.05) is 19.6 Å². The highest BCUT2D eigenvalue weighted by Gasteiger charge is 2.20. The zero-order chi connectivity index (χ0) is 15.1. The normalized spacial score (nSPS) is 17.3. The predicted octanol–water partition coefficient (Wildman–Crippen LogP) is 2.75. The molecular formula is C17H25FN2O. The number of hydrogen-bond acceptors (Lipinski definition) is 2. The van der Waals surface area contributed by atoms with Crippen molar-refractivity contribution in [3.63, 3.8) is 0 Å². The third-order valence-corrected chi connectivity index (χ3v) is 4.07. The largest absolute Gasteiger partial charge is 0.341 e. The van der Waals surface area contributed by atoms with Crippen LogP contribution in [0.2, 0.25) is 0 Å². The molecular weight excluding hydrogens is 267 g/mol. The van der Waals surface area contributed by atoms with Crippen molar-refractivity contribution < 1.29 is 9.18 Å². The second-order valence-electron chi connectivity index (χ2n) is 5.79. The van der Waals surface area contributed by atoms with Gasteiger partial charge in [0.2, 0.25) is 5.91 Å². The zero-order valence-electron chi connectivity index (χ0n) is 12.8. The van der Waals surface area contributed by atoms with E-state index in [-0.39, 0.29) is 17.8 Å². The third-order valence-electron chi connectivity index (χ3n) is 4.07. The minimum atomic E-state index is -0.212. The average Bonchev–Trinajstić information content (AvgIpc) is 2.77. The van der Waals surface area contributed by atoms with E-state index in [9.17, 15) is 9.18 Å². The molecule has 0 radical (unpaired) electrons. The van der Waals surface area contributed by atoms with Crippen molar-refractivity contribution in [3.05, 3.63) is 35.6 Å². The molecule has 1 aliphatic rings. The molecule has 1 aromatic carbocycles. The summed E-state index contributed by atoms with van der Waals surface area (Å²) in [6.07, 6.45) is 5.51. The second kappa shape index (κ2) is 8.13. The number of nitrogens with one attached hydrogen (secondary N) is 1. The van der Waals surface area contributed by atoms with Crippen LogP contribution in [0.4, 0.5) is 4.39 Å². The van der Waals surface area contributed by atoms with Gasteiger partial charge in [-0.05, 0) is 50.4 Å². The molecule has 3 nitrogen and oxygen atoms in total. The molecule has 21 heavy (non-hydrogen) atoms. The Morgan fingerprint density at radius 3 is 2.43 bits per heavy atom. The molecule has 1 amide bonds. The first-order chi connectivity index (χ1) is 10.2. The summed E-state index contributed by atoms with van der Waals surface area (Å²) in [6.45, 7) is 4.44. The first-order valence-electron chi connectivity index (χ1n) is 7.93. The van der Waals surface area contributed by atoms with Gasteiger partial charge in [0.05, 0.1) is 6.04 Å². The van der Waals surface area contributed by atoms with Gasteiger partial charge in [0.1, 0.15) is 5.82 Å². The van der Waals surface area contributed by atoms with Gasteiger partial charge in [0.15, 0.2) is 0 Å². The Bertz CT molecular complexity index is 439. The topological polar surface area (TPSA) is 32.3 Å². The number of nitrogens with zero attached hydrogens (tertiary/aromatic N) is 1. The molecule has 1 saturated heterocycles. The van der Waals surface area contributed by atoms with Gasteiger partial charge < -0.3 is 10.2 Å². The molecule has 4 heteroatoms. The fraction of sp³-hybridized carbons (Fsp3) is 0.588. The van der Waals surface area contributed by atoms with E-state index in [1.165, 1.54) is 25.0 Å². The summed E-state index contributed by atoms with van der Waals surface area (Å²) in [4.78, 5) is 14.3. The van der Waals surface area contributed by atoms with Gasteiger partial charge in [-0.3, -0.25) is 4.79 Å². The fourth-order valence-corrected chi connectivity index (χ4v) is 2.74. The van der Waals surface area contributed by atoms with E-state index in [4.69, 9.17) is 0 Å². The minimum absolute atomic E-state index is 0.149. The third kappa shape index (κ3) is 5.12. The van der Waals surface area contributed by atoms with Crippen LogP contribution in [-0.2, 0) is 11.2 Å². The Morgan fingerprint density at radius 2 is 1.81 bits per heavy atom.